The molecule has 0 spiro atoms. The molecule has 6 heteroatoms. The fourth-order valence-electron chi connectivity index (χ4n) is 3.43. The second kappa shape index (κ2) is 7.57. The minimum atomic E-state index is -0.260. The molecule has 1 amide bonds. The Hall–Kier alpha value is -2.21. The van der Waals surface area contributed by atoms with Gasteiger partial charge in [0.25, 0.3) is 0 Å². The molecule has 1 aromatic carbocycles. The predicted octanol–water partition coefficient (Wildman–Crippen LogP) is 2.01. The minimum absolute atomic E-state index is 0.0710. The number of amides is 1. The Labute approximate surface area is 142 Å². The molecule has 2 aromatic rings. The quantitative estimate of drug-likeness (QED) is 0.881. The SMILES string of the molecule is CC(C)NC(=O)[C@H](c1ccccc1)N1CCC[C@H]1Cn1cncn1. The first-order valence-electron chi connectivity index (χ1n) is 8.58. The maximum absolute atomic E-state index is 12.9. The minimum Gasteiger partial charge on any atom is -0.352 e. The highest BCUT2D eigenvalue weighted by Crippen LogP contribution is 2.30. The van der Waals surface area contributed by atoms with Crippen LogP contribution in [0.5, 0.6) is 0 Å². The van der Waals surface area contributed by atoms with Crippen molar-refractivity contribution in [2.75, 3.05) is 6.54 Å². The third-order valence-electron chi connectivity index (χ3n) is 4.41. The topological polar surface area (TPSA) is 63.1 Å². The molecule has 1 saturated heterocycles. The highest BCUT2D eigenvalue weighted by atomic mass is 16.2. The highest BCUT2D eigenvalue weighted by molar-refractivity contribution is 5.83. The molecule has 1 fully saturated rings. The molecule has 0 aliphatic carbocycles. The zero-order chi connectivity index (χ0) is 16.9. The Balaban J connectivity index is 1.84. The smallest absolute Gasteiger partial charge is 0.242 e. The molecule has 1 aromatic heterocycles. The normalized spacial score (nSPS) is 19.5. The van der Waals surface area contributed by atoms with Crippen LogP contribution in [0.25, 0.3) is 0 Å². The van der Waals surface area contributed by atoms with E-state index in [1.807, 2.05) is 48.9 Å². The average Bonchev–Trinajstić information content (AvgIpc) is 3.21. The second-order valence-electron chi connectivity index (χ2n) is 6.63. The molecule has 3 rings (SSSR count). The Morgan fingerprint density at radius 3 is 2.79 bits per heavy atom. The van der Waals surface area contributed by atoms with Crippen molar-refractivity contribution in [1.29, 1.82) is 0 Å². The van der Waals surface area contributed by atoms with Crippen LogP contribution in [0, 0.1) is 0 Å². The number of nitrogens with zero attached hydrogens (tertiary/aromatic N) is 4. The number of benzene rings is 1. The predicted molar refractivity (Wildman–Crippen MR) is 92.2 cm³/mol. The summed E-state index contributed by atoms with van der Waals surface area (Å²) < 4.78 is 1.85. The third-order valence-corrected chi connectivity index (χ3v) is 4.41. The van der Waals surface area contributed by atoms with E-state index in [1.54, 1.807) is 12.7 Å². The van der Waals surface area contributed by atoms with Gasteiger partial charge in [-0.3, -0.25) is 14.4 Å². The van der Waals surface area contributed by atoms with Crippen molar-refractivity contribution in [3.05, 3.63) is 48.5 Å². The molecule has 0 radical (unpaired) electrons. The van der Waals surface area contributed by atoms with E-state index >= 15 is 0 Å². The maximum atomic E-state index is 12.9. The fourth-order valence-corrected chi connectivity index (χ4v) is 3.43. The van der Waals surface area contributed by atoms with E-state index in [1.165, 1.54) is 0 Å². The number of carbonyl (C=O) groups excluding carboxylic acids is 1. The number of carbonyl (C=O) groups is 1. The van der Waals surface area contributed by atoms with Crippen LogP contribution in [0.1, 0.15) is 38.3 Å². The van der Waals surface area contributed by atoms with Crippen molar-refractivity contribution in [3.8, 4) is 0 Å². The molecule has 2 heterocycles. The molecule has 0 unspecified atom stereocenters. The Bertz CT molecular complexity index is 641. The van der Waals surface area contributed by atoms with Gasteiger partial charge in [0, 0.05) is 12.1 Å². The van der Waals surface area contributed by atoms with Crippen molar-refractivity contribution in [1.82, 2.24) is 25.0 Å². The average molecular weight is 327 g/mol. The Kier molecular flexibility index (Phi) is 5.25. The summed E-state index contributed by atoms with van der Waals surface area (Å²) in [6, 6.07) is 10.2. The van der Waals surface area contributed by atoms with Crippen LogP contribution in [0.4, 0.5) is 0 Å². The van der Waals surface area contributed by atoms with Crippen LogP contribution in [0.2, 0.25) is 0 Å². The zero-order valence-electron chi connectivity index (χ0n) is 14.3. The van der Waals surface area contributed by atoms with Gasteiger partial charge in [0.2, 0.25) is 5.91 Å². The van der Waals surface area contributed by atoms with Gasteiger partial charge >= 0.3 is 0 Å². The molecule has 24 heavy (non-hydrogen) atoms. The largest absolute Gasteiger partial charge is 0.352 e. The zero-order valence-corrected chi connectivity index (χ0v) is 14.3. The lowest BCUT2D eigenvalue weighted by Crippen LogP contribution is -2.45. The van der Waals surface area contributed by atoms with Crippen molar-refractivity contribution in [2.45, 2.75) is 51.4 Å². The molecule has 6 nitrogen and oxygen atoms in total. The second-order valence-corrected chi connectivity index (χ2v) is 6.63. The summed E-state index contributed by atoms with van der Waals surface area (Å²) >= 11 is 0. The van der Waals surface area contributed by atoms with Crippen molar-refractivity contribution >= 4 is 5.91 Å². The summed E-state index contributed by atoms with van der Waals surface area (Å²) in [5.74, 6) is 0.0710. The summed E-state index contributed by atoms with van der Waals surface area (Å²) in [5.41, 5.74) is 1.04. The van der Waals surface area contributed by atoms with E-state index < -0.39 is 0 Å². The molecule has 2 atom stereocenters. The van der Waals surface area contributed by atoms with Gasteiger partial charge in [-0.25, -0.2) is 4.98 Å². The maximum Gasteiger partial charge on any atom is 0.242 e. The van der Waals surface area contributed by atoms with Crippen LogP contribution in [-0.4, -0.2) is 44.2 Å². The van der Waals surface area contributed by atoms with E-state index in [9.17, 15) is 4.79 Å². The molecule has 1 aliphatic heterocycles. The number of nitrogens with one attached hydrogen (secondary N) is 1. The summed E-state index contributed by atoms with van der Waals surface area (Å²) in [7, 11) is 0. The molecular weight excluding hydrogens is 302 g/mol. The van der Waals surface area contributed by atoms with Crippen LogP contribution >= 0.6 is 0 Å². The molecule has 1 N–H and O–H groups in total. The van der Waals surface area contributed by atoms with Gasteiger partial charge in [-0.15, -0.1) is 0 Å². The van der Waals surface area contributed by atoms with Gasteiger partial charge in [-0.1, -0.05) is 30.3 Å². The lowest BCUT2D eigenvalue weighted by molar-refractivity contribution is -0.127. The molecule has 0 bridgehead atoms. The van der Waals surface area contributed by atoms with E-state index in [0.29, 0.717) is 0 Å². The lowest BCUT2D eigenvalue weighted by Gasteiger charge is -2.33. The van der Waals surface area contributed by atoms with Gasteiger partial charge < -0.3 is 5.32 Å². The number of rotatable bonds is 6. The summed E-state index contributed by atoms with van der Waals surface area (Å²) in [4.78, 5) is 19.2. The van der Waals surface area contributed by atoms with Crippen molar-refractivity contribution < 1.29 is 4.79 Å². The summed E-state index contributed by atoms with van der Waals surface area (Å²) in [5, 5.41) is 7.30. The summed E-state index contributed by atoms with van der Waals surface area (Å²) in [6.07, 6.45) is 5.46. The van der Waals surface area contributed by atoms with Gasteiger partial charge in [0.1, 0.15) is 18.7 Å². The number of hydrogen-bond donors (Lipinski definition) is 1. The van der Waals surface area contributed by atoms with E-state index in [4.69, 9.17) is 0 Å². The molecule has 128 valence electrons. The van der Waals surface area contributed by atoms with Gasteiger partial charge in [-0.05, 0) is 38.8 Å². The van der Waals surface area contributed by atoms with E-state index in [-0.39, 0.29) is 24.0 Å². The number of hydrogen-bond acceptors (Lipinski definition) is 4. The Morgan fingerprint density at radius 2 is 2.12 bits per heavy atom. The van der Waals surface area contributed by atoms with Crippen LogP contribution in [0.3, 0.4) is 0 Å². The molecular formula is C18H25N5O. The molecule has 0 saturated carbocycles. The molecule has 1 aliphatic rings. The first-order chi connectivity index (χ1) is 11.6. The third kappa shape index (κ3) is 3.82. The number of aromatic nitrogens is 3. The van der Waals surface area contributed by atoms with E-state index in [0.717, 1.165) is 31.5 Å². The van der Waals surface area contributed by atoms with Crippen LogP contribution in [-0.2, 0) is 11.3 Å². The first-order valence-corrected chi connectivity index (χ1v) is 8.58. The fraction of sp³-hybridized carbons (Fsp3) is 0.500. The summed E-state index contributed by atoms with van der Waals surface area (Å²) in [6.45, 7) is 5.68. The van der Waals surface area contributed by atoms with Crippen molar-refractivity contribution in [3.63, 3.8) is 0 Å². The Morgan fingerprint density at radius 1 is 1.33 bits per heavy atom. The number of likely N-dealkylation sites (tertiary alicyclic amines) is 1. The van der Waals surface area contributed by atoms with Gasteiger partial charge in [0.15, 0.2) is 0 Å². The van der Waals surface area contributed by atoms with Crippen LogP contribution in [0.15, 0.2) is 43.0 Å². The first kappa shape index (κ1) is 16.6. The van der Waals surface area contributed by atoms with Crippen molar-refractivity contribution in [2.24, 2.45) is 0 Å². The highest BCUT2D eigenvalue weighted by Gasteiger charge is 2.36. The van der Waals surface area contributed by atoms with Crippen LogP contribution < -0.4 is 5.32 Å². The monoisotopic (exact) mass is 327 g/mol. The van der Waals surface area contributed by atoms with Gasteiger partial charge in [0.05, 0.1) is 6.54 Å². The lowest BCUT2D eigenvalue weighted by atomic mass is 10.0. The standard InChI is InChI=1S/C18H25N5O/c1-14(2)21-18(24)17(15-7-4-3-5-8-15)23-10-6-9-16(23)11-22-13-19-12-20-22/h3-5,7-8,12-14,16-17H,6,9-11H2,1-2H3,(H,21,24)/t16-,17-/m0/s1. The van der Waals surface area contributed by atoms with Gasteiger partial charge in [-0.2, -0.15) is 5.10 Å². The van der Waals surface area contributed by atoms with E-state index in [2.05, 4.69) is 20.3 Å².